The second kappa shape index (κ2) is 8.77. The maximum absolute atomic E-state index is 12.3. The van der Waals surface area contributed by atoms with Gasteiger partial charge in [0.25, 0.3) is 5.91 Å². The number of halogens is 1. The first kappa shape index (κ1) is 18.4. The topological polar surface area (TPSA) is 23.6 Å². The molecular formula is C18H24BrN2OP. The normalized spacial score (nSPS) is 15.7. The van der Waals surface area contributed by atoms with E-state index < -0.39 is 0 Å². The molecule has 3 nitrogen and oxygen atoms in total. The van der Waals surface area contributed by atoms with Gasteiger partial charge in [-0.2, -0.15) is 0 Å². The maximum Gasteiger partial charge on any atom is 0.253 e. The highest BCUT2D eigenvalue weighted by molar-refractivity contribution is 9.15. The third-order valence-electron chi connectivity index (χ3n) is 4.29. The fraction of sp³-hybridized carbons (Fsp3) is 0.444. The SMILES string of the molecule is C=PN1CCC(=C(Br)c2ccc(C(=O)N(CC)CC)cc2)CC1. The van der Waals surface area contributed by atoms with Crippen molar-refractivity contribution < 1.29 is 4.79 Å². The molecular weight excluding hydrogens is 371 g/mol. The van der Waals surface area contributed by atoms with E-state index in [1.54, 1.807) is 0 Å². The van der Waals surface area contributed by atoms with Crippen molar-refractivity contribution in [3.63, 3.8) is 0 Å². The zero-order valence-corrected chi connectivity index (χ0v) is 16.4. The molecule has 0 aliphatic carbocycles. The molecule has 0 N–H and O–H groups in total. The molecule has 0 bridgehead atoms. The summed E-state index contributed by atoms with van der Waals surface area (Å²) in [6, 6.07) is 7.95. The predicted molar refractivity (Wildman–Crippen MR) is 104 cm³/mol. The van der Waals surface area contributed by atoms with Crippen molar-refractivity contribution in [2.75, 3.05) is 26.2 Å². The van der Waals surface area contributed by atoms with Gasteiger partial charge in [0.2, 0.25) is 0 Å². The number of piperidine rings is 1. The van der Waals surface area contributed by atoms with Crippen LogP contribution in [0.15, 0.2) is 29.8 Å². The van der Waals surface area contributed by atoms with Crippen LogP contribution in [0.2, 0.25) is 0 Å². The van der Waals surface area contributed by atoms with E-state index in [-0.39, 0.29) is 5.91 Å². The molecule has 0 saturated carbocycles. The second-order valence-corrected chi connectivity index (χ2v) is 7.21. The van der Waals surface area contributed by atoms with Gasteiger partial charge in [-0.1, -0.05) is 39.9 Å². The second-order valence-electron chi connectivity index (χ2n) is 5.57. The lowest BCUT2D eigenvalue weighted by molar-refractivity contribution is 0.0773. The van der Waals surface area contributed by atoms with Gasteiger partial charge in [0.05, 0.1) is 0 Å². The largest absolute Gasteiger partial charge is 0.339 e. The van der Waals surface area contributed by atoms with Crippen LogP contribution in [0, 0.1) is 0 Å². The number of nitrogens with zero attached hydrogens (tertiary/aromatic N) is 2. The van der Waals surface area contributed by atoms with Gasteiger partial charge in [-0.25, -0.2) is 0 Å². The van der Waals surface area contributed by atoms with Crippen molar-refractivity contribution in [3.05, 3.63) is 41.0 Å². The summed E-state index contributed by atoms with van der Waals surface area (Å²) in [5.41, 5.74) is 3.36. The first-order valence-electron chi connectivity index (χ1n) is 8.09. The van der Waals surface area contributed by atoms with Crippen molar-refractivity contribution in [2.45, 2.75) is 26.7 Å². The zero-order chi connectivity index (χ0) is 16.8. The van der Waals surface area contributed by atoms with E-state index >= 15 is 0 Å². The molecule has 1 aromatic carbocycles. The number of hydrogen-bond donors (Lipinski definition) is 0. The molecule has 1 fully saturated rings. The monoisotopic (exact) mass is 394 g/mol. The Morgan fingerprint density at radius 3 is 2.17 bits per heavy atom. The van der Waals surface area contributed by atoms with Crippen LogP contribution in [0.5, 0.6) is 0 Å². The number of benzene rings is 1. The lowest BCUT2D eigenvalue weighted by atomic mass is 10.0. The van der Waals surface area contributed by atoms with E-state index in [2.05, 4.69) is 26.9 Å². The van der Waals surface area contributed by atoms with Crippen LogP contribution >= 0.6 is 24.3 Å². The third kappa shape index (κ3) is 4.53. The molecule has 1 aliphatic rings. The molecule has 0 unspecified atom stereocenters. The quantitative estimate of drug-likeness (QED) is 0.677. The van der Waals surface area contributed by atoms with Crippen LogP contribution in [-0.2, 0) is 0 Å². The summed E-state index contributed by atoms with van der Waals surface area (Å²) in [6.07, 6.45) is 6.07. The van der Waals surface area contributed by atoms with Crippen molar-refractivity contribution in [1.29, 1.82) is 0 Å². The Hall–Kier alpha value is -0.960. The van der Waals surface area contributed by atoms with Crippen molar-refractivity contribution >= 4 is 41.0 Å². The minimum absolute atomic E-state index is 0.105. The molecule has 1 amide bonds. The molecule has 0 radical (unpaired) electrons. The van der Waals surface area contributed by atoms with Crippen LogP contribution in [0.3, 0.4) is 0 Å². The number of carbonyl (C=O) groups is 1. The average Bonchev–Trinajstić information content (AvgIpc) is 2.62. The van der Waals surface area contributed by atoms with Gasteiger partial charge in [-0.15, -0.1) is 0 Å². The highest BCUT2D eigenvalue weighted by Gasteiger charge is 2.16. The van der Waals surface area contributed by atoms with E-state index in [0.29, 0.717) is 0 Å². The molecule has 2 rings (SSSR count). The first-order valence-corrected chi connectivity index (χ1v) is 9.92. The summed E-state index contributed by atoms with van der Waals surface area (Å²) in [7, 11) is 1.11. The molecule has 0 spiro atoms. The van der Waals surface area contributed by atoms with Gasteiger partial charge in [-0.05, 0) is 52.7 Å². The van der Waals surface area contributed by atoms with E-state index in [1.165, 1.54) is 10.1 Å². The minimum atomic E-state index is 0.105. The molecule has 1 aromatic rings. The molecule has 124 valence electrons. The Labute approximate surface area is 149 Å². The van der Waals surface area contributed by atoms with Crippen LogP contribution in [-0.4, -0.2) is 48.0 Å². The number of carbonyl (C=O) groups excluding carboxylic acids is 1. The predicted octanol–water partition coefficient (Wildman–Crippen LogP) is 4.66. The smallest absolute Gasteiger partial charge is 0.253 e. The third-order valence-corrected chi connectivity index (χ3v) is 6.11. The van der Waals surface area contributed by atoms with Crippen LogP contribution in [0.25, 0.3) is 4.48 Å². The van der Waals surface area contributed by atoms with Gasteiger partial charge in [0.1, 0.15) is 0 Å². The maximum atomic E-state index is 12.3. The summed E-state index contributed by atoms with van der Waals surface area (Å²) in [4.78, 5) is 14.2. The Balaban J connectivity index is 2.13. The fourth-order valence-electron chi connectivity index (χ4n) is 2.78. The van der Waals surface area contributed by atoms with E-state index in [1.807, 2.05) is 43.0 Å². The Bertz CT molecular complexity index is 584. The van der Waals surface area contributed by atoms with Gasteiger partial charge in [-0.3, -0.25) is 9.46 Å². The molecule has 1 saturated heterocycles. The lowest BCUT2D eigenvalue weighted by Crippen LogP contribution is -2.30. The summed E-state index contributed by atoms with van der Waals surface area (Å²) in [6.45, 7) is 7.63. The summed E-state index contributed by atoms with van der Waals surface area (Å²) in [5.74, 6) is 0.105. The molecule has 23 heavy (non-hydrogen) atoms. The van der Waals surface area contributed by atoms with Gasteiger partial charge in [0.15, 0.2) is 0 Å². The molecule has 0 aromatic heterocycles. The Morgan fingerprint density at radius 2 is 1.70 bits per heavy atom. The molecule has 1 heterocycles. The van der Waals surface area contributed by atoms with E-state index in [4.69, 9.17) is 0 Å². The van der Waals surface area contributed by atoms with Crippen LogP contribution in [0.4, 0.5) is 0 Å². The van der Waals surface area contributed by atoms with Crippen molar-refractivity contribution in [3.8, 4) is 0 Å². The lowest BCUT2D eigenvalue weighted by Gasteiger charge is -2.25. The molecule has 1 aliphatic heterocycles. The van der Waals surface area contributed by atoms with Crippen molar-refractivity contribution in [2.24, 2.45) is 0 Å². The number of amides is 1. The first-order chi connectivity index (χ1) is 11.1. The zero-order valence-electron chi connectivity index (χ0n) is 13.9. The van der Waals surface area contributed by atoms with Crippen LogP contribution < -0.4 is 0 Å². The van der Waals surface area contributed by atoms with E-state index in [0.717, 1.165) is 58.5 Å². The Kier molecular flexibility index (Phi) is 7.01. The average molecular weight is 395 g/mol. The van der Waals surface area contributed by atoms with Gasteiger partial charge < -0.3 is 4.90 Å². The van der Waals surface area contributed by atoms with Gasteiger partial charge >= 0.3 is 0 Å². The summed E-state index contributed by atoms with van der Waals surface area (Å²) >= 11 is 3.76. The standard InChI is InChI=1S/C18H24BrN2OP/c1-4-20(5-2)18(22)16-8-6-14(7-9-16)17(19)15-10-12-21(23-3)13-11-15/h6-9H,3-5,10-13H2,1-2H3. The molecule has 5 heteroatoms. The van der Waals surface area contributed by atoms with Gasteiger partial charge in [0, 0.05) is 36.2 Å². The molecule has 0 atom stereocenters. The highest BCUT2D eigenvalue weighted by Crippen LogP contribution is 2.32. The minimum Gasteiger partial charge on any atom is -0.339 e. The summed E-state index contributed by atoms with van der Waals surface area (Å²) in [5, 5.41) is 0. The highest BCUT2D eigenvalue weighted by atomic mass is 79.9. The van der Waals surface area contributed by atoms with E-state index in [9.17, 15) is 4.79 Å². The summed E-state index contributed by atoms with van der Waals surface area (Å²) < 4.78 is 3.52. The number of rotatable bonds is 5. The van der Waals surface area contributed by atoms with Crippen molar-refractivity contribution in [1.82, 2.24) is 9.57 Å². The number of hydrogen-bond acceptors (Lipinski definition) is 2. The fourth-order valence-corrected chi connectivity index (χ4v) is 3.93. The van der Waals surface area contributed by atoms with Crippen LogP contribution in [0.1, 0.15) is 42.6 Å². The Morgan fingerprint density at radius 1 is 1.17 bits per heavy atom.